The van der Waals surface area contributed by atoms with Crippen molar-refractivity contribution >= 4 is 29.6 Å². The van der Waals surface area contributed by atoms with Gasteiger partial charge in [0, 0.05) is 12.3 Å². The number of nitrogens with one attached hydrogen (secondary N) is 1. The predicted molar refractivity (Wildman–Crippen MR) is 74.2 cm³/mol. The maximum atomic E-state index is 6.08. The molecule has 0 saturated heterocycles. The molecule has 16 heavy (non-hydrogen) atoms. The molecule has 0 aromatic carbocycles. The molecule has 0 amide bonds. The molecule has 0 aliphatic heterocycles. The van der Waals surface area contributed by atoms with Gasteiger partial charge in [-0.25, -0.2) is 4.98 Å². The number of halogens is 1. The van der Waals surface area contributed by atoms with E-state index >= 15 is 0 Å². The molecule has 0 aliphatic rings. The normalized spacial score (nSPS) is 11.8. The standard InChI is InChI=1S/C11H13ClN2.C2H6/c1-4-6-10-8(5-2)9(12)7-11(13-3)14-10;1-2/h4-7H,1H2,2-3H3,(H,13,14);1-2H3/b8-5-,10-6+;. The molecule has 0 atom stereocenters. The summed E-state index contributed by atoms with van der Waals surface area (Å²) >= 11 is 6.08. The van der Waals surface area contributed by atoms with Gasteiger partial charge in [0.2, 0.25) is 0 Å². The quantitative estimate of drug-likeness (QED) is 0.857. The smallest absolute Gasteiger partial charge is 0.127 e. The maximum absolute atomic E-state index is 6.08. The Morgan fingerprint density at radius 1 is 1.44 bits per heavy atom. The van der Waals surface area contributed by atoms with E-state index in [0.29, 0.717) is 5.02 Å². The van der Waals surface area contributed by atoms with Crippen molar-refractivity contribution in [2.24, 2.45) is 0 Å². The second-order valence-electron chi connectivity index (χ2n) is 2.73. The van der Waals surface area contributed by atoms with Crippen LogP contribution in [0.15, 0.2) is 18.7 Å². The molecule has 0 fully saturated rings. The van der Waals surface area contributed by atoms with Crippen molar-refractivity contribution in [3.63, 3.8) is 0 Å². The first-order valence-electron chi connectivity index (χ1n) is 5.36. The summed E-state index contributed by atoms with van der Waals surface area (Å²) in [5.74, 6) is 0.758. The largest absolute Gasteiger partial charge is 0.373 e. The lowest BCUT2D eigenvalue weighted by Crippen LogP contribution is -2.29. The second kappa shape index (κ2) is 7.94. The van der Waals surface area contributed by atoms with Crippen molar-refractivity contribution in [2.45, 2.75) is 20.8 Å². The van der Waals surface area contributed by atoms with E-state index in [2.05, 4.69) is 16.9 Å². The van der Waals surface area contributed by atoms with Crippen LogP contribution in [0.25, 0.3) is 12.2 Å². The van der Waals surface area contributed by atoms with Gasteiger partial charge in [0.25, 0.3) is 0 Å². The summed E-state index contributed by atoms with van der Waals surface area (Å²) in [5.41, 5.74) is 0. The lowest BCUT2D eigenvalue weighted by Gasteiger charge is -2.00. The fourth-order valence-electron chi connectivity index (χ4n) is 1.19. The Hall–Kier alpha value is -1.28. The van der Waals surface area contributed by atoms with E-state index in [1.807, 2.05) is 40.0 Å². The number of rotatable bonds is 2. The Morgan fingerprint density at radius 3 is 2.50 bits per heavy atom. The molecule has 1 aromatic rings. The van der Waals surface area contributed by atoms with Crippen LogP contribution in [-0.2, 0) is 0 Å². The fourth-order valence-corrected chi connectivity index (χ4v) is 1.50. The molecule has 1 aromatic heterocycles. The van der Waals surface area contributed by atoms with Gasteiger partial charge >= 0.3 is 0 Å². The number of pyridine rings is 1. The molecule has 1 rings (SSSR count). The summed E-state index contributed by atoms with van der Waals surface area (Å²) in [7, 11) is 1.81. The van der Waals surface area contributed by atoms with E-state index in [9.17, 15) is 0 Å². The average molecular weight is 239 g/mol. The minimum atomic E-state index is 0.694. The first-order valence-corrected chi connectivity index (χ1v) is 5.74. The molecule has 1 heterocycles. The summed E-state index contributed by atoms with van der Waals surface area (Å²) < 4.78 is 0. The van der Waals surface area contributed by atoms with Crippen LogP contribution < -0.4 is 15.9 Å². The molecule has 1 N–H and O–H groups in total. The van der Waals surface area contributed by atoms with E-state index < -0.39 is 0 Å². The summed E-state index contributed by atoms with van der Waals surface area (Å²) in [6, 6.07) is 1.80. The Bertz CT molecular complexity index is 450. The van der Waals surface area contributed by atoms with Crippen LogP contribution >= 0.6 is 11.6 Å². The number of allylic oxidation sites excluding steroid dienone is 1. The zero-order valence-electron chi connectivity index (χ0n) is 10.3. The third-order valence-electron chi connectivity index (χ3n) is 1.86. The van der Waals surface area contributed by atoms with Gasteiger partial charge in [-0.15, -0.1) is 0 Å². The molecule has 3 heteroatoms. The topological polar surface area (TPSA) is 24.9 Å². The average Bonchev–Trinajstić information content (AvgIpc) is 2.31. The number of hydrogen-bond acceptors (Lipinski definition) is 2. The Morgan fingerprint density at radius 2 is 2.06 bits per heavy atom. The summed E-state index contributed by atoms with van der Waals surface area (Å²) in [4.78, 5) is 4.36. The second-order valence-corrected chi connectivity index (χ2v) is 3.14. The van der Waals surface area contributed by atoms with Gasteiger partial charge in [-0.3, -0.25) is 0 Å². The van der Waals surface area contributed by atoms with E-state index in [1.165, 1.54) is 0 Å². The number of anilines is 1. The molecule has 0 bridgehead atoms. The van der Waals surface area contributed by atoms with E-state index in [4.69, 9.17) is 11.6 Å². The number of nitrogens with zero attached hydrogens (tertiary/aromatic N) is 1. The van der Waals surface area contributed by atoms with Gasteiger partial charge in [0.05, 0.1) is 10.4 Å². The van der Waals surface area contributed by atoms with Crippen LogP contribution in [0.3, 0.4) is 0 Å². The van der Waals surface area contributed by atoms with Crippen LogP contribution in [0.5, 0.6) is 0 Å². The van der Waals surface area contributed by atoms with Gasteiger partial charge in [-0.05, 0) is 19.1 Å². The Balaban J connectivity index is 0.00000106. The molecular weight excluding hydrogens is 220 g/mol. The van der Waals surface area contributed by atoms with Gasteiger partial charge < -0.3 is 5.32 Å². The van der Waals surface area contributed by atoms with Gasteiger partial charge in [0.1, 0.15) is 5.82 Å². The Labute approximate surface area is 102 Å². The van der Waals surface area contributed by atoms with Crippen LogP contribution in [0.2, 0.25) is 5.02 Å². The highest BCUT2D eigenvalue weighted by Gasteiger charge is 1.97. The Kier molecular flexibility index (Phi) is 7.31. The van der Waals surface area contributed by atoms with Crippen molar-refractivity contribution < 1.29 is 0 Å². The molecule has 88 valence electrons. The SMILES string of the molecule is C=C/C=c1/nc(NC)cc(Cl)/c1=C/C.CC. The minimum Gasteiger partial charge on any atom is -0.373 e. The molecule has 0 aliphatic carbocycles. The summed E-state index contributed by atoms with van der Waals surface area (Å²) in [5, 5.41) is 5.42. The zero-order valence-corrected chi connectivity index (χ0v) is 11.1. The molecule has 2 nitrogen and oxygen atoms in total. The first-order chi connectivity index (χ1) is 7.72. The molecule has 0 spiro atoms. The van der Waals surface area contributed by atoms with Crippen molar-refractivity contribution in [1.82, 2.24) is 4.98 Å². The highest BCUT2D eigenvalue weighted by atomic mass is 35.5. The van der Waals surface area contributed by atoms with E-state index in [-0.39, 0.29) is 0 Å². The van der Waals surface area contributed by atoms with Crippen molar-refractivity contribution in [3.8, 4) is 0 Å². The summed E-state index contributed by atoms with van der Waals surface area (Å²) in [6.07, 6.45) is 5.47. The molecular formula is C13H19ClN2. The van der Waals surface area contributed by atoms with E-state index in [0.717, 1.165) is 16.4 Å². The summed E-state index contributed by atoms with van der Waals surface area (Å²) in [6.45, 7) is 9.58. The monoisotopic (exact) mass is 238 g/mol. The number of hydrogen-bond donors (Lipinski definition) is 1. The highest BCUT2D eigenvalue weighted by molar-refractivity contribution is 6.30. The lowest BCUT2D eigenvalue weighted by atomic mass is 10.3. The van der Waals surface area contributed by atoms with Crippen molar-refractivity contribution in [3.05, 3.63) is 34.3 Å². The minimum absolute atomic E-state index is 0.694. The van der Waals surface area contributed by atoms with Crippen molar-refractivity contribution in [2.75, 3.05) is 12.4 Å². The maximum Gasteiger partial charge on any atom is 0.127 e. The van der Waals surface area contributed by atoms with Gasteiger partial charge in [0.15, 0.2) is 0 Å². The highest BCUT2D eigenvalue weighted by Crippen LogP contribution is 2.04. The van der Waals surface area contributed by atoms with Crippen LogP contribution in [0.4, 0.5) is 5.82 Å². The van der Waals surface area contributed by atoms with Crippen molar-refractivity contribution in [1.29, 1.82) is 0 Å². The lowest BCUT2D eigenvalue weighted by molar-refractivity contribution is 1.20. The molecule has 0 saturated carbocycles. The molecule has 0 unspecified atom stereocenters. The van der Waals surface area contributed by atoms with Gasteiger partial charge in [-0.2, -0.15) is 0 Å². The van der Waals surface area contributed by atoms with Crippen LogP contribution in [0, 0.1) is 0 Å². The van der Waals surface area contributed by atoms with E-state index in [1.54, 1.807) is 12.1 Å². The van der Waals surface area contributed by atoms with Crippen LogP contribution in [-0.4, -0.2) is 12.0 Å². The third kappa shape index (κ3) is 3.70. The fraction of sp³-hybridized carbons (Fsp3) is 0.308. The third-order valence-corrected chi connectivity index (χ3v) is 2.17. The first kappa shape index (κ1) is 14.7. The molecule has 0 radical (unpaired) electrons. The van der Waals surface area contributed by atoms with Gasteiger partial charge in [-0.1, -0.05) is 44.2 Å². The predicted octanol–water partition coefficient (Wildman–Crippen LogP) is 2.57. The van der Waals surface area contributed by atoms with Crippen LogP contribution in [0.1, 0.15) is 20.8 Å². The zero-order chi connectivity index (χ0) is 12.6. The number of aromatic nitrogens is 1.